The molecule has 1 aromatic heterocycles. The van der Waals surface area contributed by atoms with E-state index >= 15 is 0 Å². The molecule has 0 bridgehead atoms. The Morgan fingerprint density at radius 1 is 1.39 bits per heavy atom. The number of benzene rings is 1. The molecule has 0 spiro atoms. The van der Waals surface area contributed by atoms with Gasteiger partial charge in [-0.2, -0.15) is 8.78 Å². The van der Waals surface area contributed by atoms with Crippen LogP contribution in [0, 0.1) is 0 Å². The van der Waals surface area contributed by atoms with E-state index in [2.05, 4.69) is 15.1 Å². The molecule has 1 aromatic carbocycles. The van der Waals surface area contributed by atoms with Crippen molar-refractivity contribution in [3.63, 3.8) is 0 Å². The Labute approximate surface area is 103 Å². The number of hydrogen-bond donors (Lipinski definition) is 2. The second-order valence-electron chi connectivity index (χ2n) is 3.72. The lowest BCUT2D eigenvalue weighted by atomic mass is 10.1. The number of hydrazine groups is 1. The van der Waals surface area contributed by atoms with Gasteiger partial charge in [-0.15, -0.1) is 0 Å². The van der Waals surface area contributed by atoms with Crippen molar-refractivity contribution in [2.75, 3.05) is 5.43 Å². The Kier molecular flexibility index (Phi) is 3.57. The Hall–Kier alpha value is -1.95. The lowest BCUT2D eigenvalue weighted by Crippen LogP contribution is -2.08. The highest BCUT2D eigenvalue weighted by Gasteiger charge is 2.08. The molecule has 0 saturated heterocycles. The zero-order chi connectivity index (χ0) is 13.1. The summed E-state index contributed by atoms with van der Waals surface area (Å²) in [5, 5.41) is 0.646. The molecule has 0 aliphatic heterocycles. The van der Waals surface area contributed by atoms with E-state index in [0.29, 0.717) is 16.6 Å². The Bertz CT molecular complexity index is 560. The van der Waals surface area contributed by atoms with Gasteiger partial charge in [0.2, 0.25) is 0 Å². The predicted octanol–water partition coefficient (Wildman–Crippen LogP) is 2.68. The zero-order valence-corrected chi connectivity index (χ0v) is 9.78. The fourth-order valence-corrected chi connectivity index (χ4v) is 1.74. The number of alkyl halides is 2. The van der Waals surface area contributed by atoms with Crippen molar-refractivity contribution in [2.45, 2.75) is 20.0 Å². The monoisotopic (exact) mass is 253 g/mol. The van der Waals surface area contributed by atoms with Crippen molar-refractivity contribution in [3.8, 4) is 5.75 Å². The van der Waals surface area contributed by atoms with Crippen LogP contribution in [0.4, 0.5) is 14.5 Å². The van der Waals surface area contributed by atoms with Gasteiger partial charge in [-0.25, -0.2) is 0 Å². The van der Waals surface area contributed by atoms with Crippen molar-refractivity contribution >= 4 is 16.6 Å². The van der Waals surface area contributed by atoms with Gasteiger partial charge < -0.3 is 10.2 Å². The molecule has 0 atom stereocenters. The average Bonchev–Trinajstić information content (AvgIpc) is 2.36. The number of fused-ring (bicyclic) bond motifs is 1. The SMILES string of the molecule is CCc1cc(NN)c2cc(OC(F)F)ccc2n1. The molecule has 96 valence electrons. The molecule has 0 amide bonds. The highest BCUT2D eigenvalue weighted by molar-refractivity contribution is 5.92. The van der Waals surface area contributed by atoms with Crippen LogP contribution in [0.3, 0.4) is 0 Å². The van der Waals surface area contributed by atoms with Gasteiger partial charge in [-0.05, 0) is 30.7 Å². The minimum atomic E-state index is -2.85. The van der Waals surface area contributed by atoms with Crippen molar-refractivity contribution in [3.05, 3.63) is 30.0 Å². The summed E-state index contributed by atoms with van der Waals surface area (Å²) >= 11 is 0. The maximum atomic E-state index is 12.1. The fourth-order valence-electron chi connectivity index (χ4n) is 1.74. The van der Waals surface area contributed by atoms with Crippen LogP contribution in [0.25, 0.3) is 10.9 Å². The Balaban J connectivity index is 2.54. The van der Waals surface area contributed by atoms with Gasteiger partial charge in [-0.3, -0.25) is 10.8 Å². The van der Waals surface area contributed by atoms with E-state index in [1.54, 1.807) is 12.1 Å². The summed E-state index contributed by atoms with van der Waals surface area (Å²) in [7, 11) is 0. The van der Waals surface area contributed by atoms with Gasteiger partial charge >= 0.3 is 6.61 Å². The van der Waals surface area contributed by atoms with Crippen molar-refractivity contribution < 1.29 is 13.5 Å². The highest BCUT2D eigenvalue weighted by atomic mass is 19.3. The Morgan fingerprint density at radius 3 is 2.78 bits per heavy atom. The molecule has 0 saturated carbocycles. The molecule has 0 fully saturated rings. The molecule has 4 nitrogen and oxygen atoms in total. The summed E-state index contributed by atoms with van der Waals surface area (Å²) in [5.74, 6) is 5.51. The quantitative estimate of drug-likeness (QED) is 0.649. The van der Waals surface area contributed by atoms with Gasteiger partial charge in [0.25, 0.3) is 0 Å². The number of halogens is 2. The molecule has 0 unspecified atom stereocenters. The first kappa shape index (κ1) is 12.5. The van der Waals surface area contributed by atoms with Gasteiger partial charge in [0.1, 0.15) is 5.75 Å². The summed E-state index contributed by atoms with van der Waals surface area (Å²) in [6.45, 7) is -0.873. The number of anilines is 1. The standard InChI is InChI=1S/C12H13F2N3O/c1-2-7-5-11(17-15)9-6-8(18-12(13)14)3-4-10(9)16-7/h3-6,12H,2,15H2,1H3,(H,16,17). The first-order valence-electron chi connectivity index (χ1n) is 5.49. The van der Waals surface area contributed by atoms with Crippen molar-refractivity contribution in [1.82, 2.24) is 4.98 Å². The van der Waals surface area contributed by atoms with E-state index in [1.165, 1.54) is 12.1 Å². The molecule has 3 N–H and O–H groups in total. The third-order valence-electron chi connectivity index (χ3n) is 2.58. The van der Waals surface area contributed by atoms with Crippen molar-refractivity contribution in [2.24, 2.45) is 5.84 Å². The number of hydrogen-bond acceptors (Lipinski definition) is 4. The molecule has 18 heavy (non-hydrogen) atoms. The van der Waals surface area contributed by atoms with E-state index in [1.807, 2.05) is 6.92 Å². The maximum absolute atomic E-state index is 12.1. The van der Waals surface area contributed by atoms with Crippen molar-refractivity contribution in [1.29, 1.82) is 0 Å². The summed E-state index contributed by atoms with van der Waals surface area (Å²) in [6.07, 6.45) is 0.764. The minimum absolute atomic E-state index is 0.0834. The van der Waals surface area contributed by atoms with E-state index in [4.69, 9.17) is 5.84 Å². The number of nitrogens with zero attached hydrogens (tertiary/aromatic N) is 1. The number of nitrogens with two attached hydrogens (primary N) is 1. The Morgan fingerprint density at radius 2 is 2.17 bits per heavy atom. The molecule has 0 aliphatic rings. The van der Waals surface area contributed by atoms with E-state index in [-0.39, 0.29) is 5.75 Å². The molecule has 0 radical (unpaired) electrons. The van der Waals surface area contributed by atoms with Gasteiger partial charge in [0.15, 0.2) is 0 Å². The summed E-state index contributed by atoms with van der Waals surface area (Å²) in [6, 6.07) is 6.37. The average molecular weight is 253 g/mol. The number of nitrogens with one attached hydrogen (secondary N) is 1. The van der Waals surface area contributed by atoms with Crippen LogP contribution < -0.4 is 16.0 Å². The topological polar surface area (TPSA) is 60.2 Å². The van der Waals surface area contributed by atoms with E-state index in [0.717, 1.165) is 12.1 Å². The summed E-state index contributed by atoms with van der Waals surface area (Å²) < 4.78 is 28.6. The lowest BCUT2D eigenvalue weighted by molar-refractivity contribution is -0.0497. The van der Waals surface area contributed by atoms with Crippen LogP contribution in [0.1, 0.15) is 12.6 Å². The molecule has 2 rings (SSSR count). The van der Waals surface area contributed by atoms with Crippen LogP contribution in [-0.2, 0) is 6.42 Å². The van der Waals surface area contributed by atoms with Crippen LogP contribution >= 0.6 is 0 Å². The highest BCUT2D eigenvalue weighted by Crippen LogP contribution is 2.27. The van der Waals surface area contributed by atoms with Crippen LogP contribution in [-0.4, -0.2) is 11.6 Å². The molecule has 0 aliphatic carbocycles. The number of nitrogen functional groups attached to an aromatic ring is 1. The zero-order valence-electron chi connectivity index (χ0n) is 9.78. The summed E-state index contributed by atoms with van der Waals surface area (Å²) in [5.41, 5.74) is 4.74. The molecular weight excluding hydrogens is 240 g/mol. The predicted molar refractivity (Wildman–Crippen MR) is 65.6 cm³/mol. The number of pyridine rings is 1. The first-order valence-corrected chi connectivity index (χ1v) is 5.49. The number of rotatable bonds is 4. The third-order valence-corrected chi connectivity index (χ3v) is 2.58. The van der Waals surface area contributed by atoms with Crippen LogP contribution in [0.5, 0.6) is 5.75 Å². The molecular formula is C12H13F2N3O. The normalized spacial score (nSPS) is 10.9. The van der Waals surface area contributed by atoms with Gasteiger partial charge in [-0.1, -0.05) is 6.92 Å². The molecule has 1 heterocycles. The number of aryl methyl sites for hydroxylation is 1. The van der Waals surface area contributed by atoms with E-state index < -0.39 is 6.61 Å². The molecule has 2 aromatic rings. The lowest BCUT2D eigenvalue weighted by Gasteiger charge is -2.10. The molecule has 6 heteroatoms. The minimum Gasteiger partial charge on any atom is -0.435 e. The van der Waals surface area contributed by atoms with Crippen LogP contribution in [0.2, 0.25) is 0 Å². The third kappa shape index (κ3) is 2.48. The second-order valence-corrected chi connectivity index (χ2v) is 3.72. The number of aromatic nitrogens is 1. The fraction of sp³-hybridized carbons (Fsp3) is 0.250. The first-order chi connectivity index (χ1) is 8.63. The van der Waals surface area contributed by atoms with Gasteiger partial charge in [0.05, 0.1) is 11.2 Å². The van der Waals surface area contributed by atoms with Gasteiger partial charge in [0, 0.05) is 11.1 Å². The largest absolute Gasteiger partial charge is 0.435 e. The van der Waals surface area contributed by atoms with E-state index in [9.17, 15) is 8.78 Å². The van der Waals surface area contributed by atoms with Crippen LogP contribution in [0.15, 0.2) is 24.3 Å². The summed E-state index contributed by atoms with van der Waals surface area (Å²) in [4.78, 5) is 4.38. The smallest absolute Gasteiger partial charge is 0.387 e. The maximum Gasteiger partial charge on any atom is 0.387 e. The second kappa shape index (κ2) is 5.14. The number of ether oxygens (including phenoxy) is 1.